The summed E-state index contributed by atoms with van der Waals surface area (Å²) >= 11 is 1.79. The Hall–Kier alpha value is -5.58. The molecule has 208 valence electrons. The Balaban J connectivity index is 1.27. The van der Waals surface area contributed by atoms with Gasteiger partial charge in [0, 0.05) is 32.7 Å². The Bertz CT molecular complexity index is 2670. The first-order valence-electron chi connectivity index (χ1n) is 15.3. The van der Waals surface area contributed by atoms with Crippen molar-refractivity contribution in [3.63, 3.8) is 0 Å². The quantitative estimate of drug-likeness (QED) is 0.191. The molecule has 0 amide bonds. The molecule has 1 spiro atoms. The van der Waals surface area contributed by atoms with Gasteiger partial charge in [0.1, 0.15) is 6.33 Å². The van der Waals surface area contributed by atoms with E-state index >= 15 is 0 Å². The summed E-state index contributed by atoms with van der Waals surface area (Å²) in [6.07, 6.45) is 3.59. The molecule has 0 fully saturated rings. The summed E-state index contributed by atoms with van der Waals surface area (Å²) in [6, 6.07) is 47.5. The van der Waals surface area contributed by atoms with Crippen LogP contribution in [0.3, 0.4) is 0 Å². The van der Waals surface area contributed by atoms with Crippen molar-refractivity contribution in [2.24, 2.45) is 0 Å². The van der Waals surface area contributed by atoms with Gasteiger partial charge in [0.2, 0.25) is 0 Å². The molecule has 0 aliphatic heterocycles. The van der Waals surface area contributed by atoms with E-state index in [4.69, 9.17) is 0 Å². The second-order valence-corrected chi connectivity index (χ2v) is 13.2. The van der Waals surface area contributed by atoms with Gasteiger partial charge in [-0.3, -0.25) is 0 Å². The highest BCUT2D eigenvalue weighted by Gasteiger charge is 2.51. The van der Waals surface area contributed by atoms with Gasteiger partial charge in [0.25, 0.3) is 0 Å². The minimum Gasteiger partial charge on any atom is -0.309 e. The third kappa shape index (κ3) is 2.78. The summed E-state index contributed by atoms with van der Waals surface area (Å²) in [4.78, 5) is 8.96. The van der Waals surface area contributed by atoms with Crippen LogP contribution in [0.25, 0.3) is 70.0 Å². The first-order valence-corrected chi connectivity index (χ1v) is 16.1. The van der Waals surface area contributed by atoms with Crippen molar-refractivity contribution in [3.05, 3.63) is 162 Å². The fourth-order valence-corrected chi connectivity index (χ4v) is 9.71. The van der Waals surface area contributed by atoms with Gasteiger partial charge in [0.15, 0.2) is 0 Å². The van der Waals surface area contributed by atoms with Crippen molar-refractivity contribution in [1.29, 1.82) is 0 Å². The van der Waals surface area contributed by atoms with E-state index in [0.717, 1.165) is 10.2 Å². The lowest BCUT2D eigenvalue weighted by Crippen LogP contribution is -2.26. The Kier molecular flexibility index (Phi) is 4.40. The maximum atomic E-state index is 4.65. The van der Waals surface area contributed by atoms with Crippen LogP contribution in [-0.4, -0.2) is 14.5 Å². The Labute approximate surface area is 262 Å². The van der Waals surface area contributed by atoms with Gasteiger partial charge in [-0.15, -0.1) is 11.3 Å². The van der Waals surface area contributed by atoms with E-state index in [2.05, 4.69) is 142 Å². The summed E-state index contributed by atoms with van der Waals surface area (Å²) in [5.41, 5.74) is 15.0. The van der Waals surface area contributed by atoms with Crippen molar-refractivity contribution in [1.82, 2.24) is 14.5 Å². The van der Waals surface area contributed by atoms with E-state index in [-0.39, 0.29) is 5.41 Å². The molecule has 11 rings (SSSR count). The highest BCUT2D eigenvalue weighted by molar-refractivity contribution is 7.26. The number of aromatic nitrogens is 3. The number of thiophene rings is 1. The fraction of sp³-hybridized carbons (Fsp3) is 0.0244. The van der Waals surface area contributed by atoms with E-state index in [0.29, 0.717) is 0 Å². The lowest BCUT2D eigenvalue weighted by atomic mass is 9.70. The predicted octanol–water partition coefficient (Wildman–Crippen LogP) is 10.3. The molecule has 45 heavy (non-hydrogen) atoms. The van der Waals surface area contributed by atoms with Gasteiger partial charge >= 0.3 is 0 Å². The molecule has 0 N–H and O–H groups in total. The summed E-state index contributed by atoms with van der Waals surface area (Å²) in [5, 5.41) is 3.73. The van der Waals surface area contributed by atoms with Gasteiger partial charge in [0.05, 0.1) is 26.7 Å². The lowest BCUT2D eigenvalue weighted by Gasteiger charge is -2.30. The third-order valence-corrected chi connectivity index (χ3v) is 11.3. The van der Waals surface area contributed by atoms with Crippen molar-refractivity contribution in [3.8, 4) is 27.9 Å². The molecule has 2 aliphatic rings. The van der Waals surface area contributed by atoms with Crippen LogP contribution in [0.2, 0.25) is 0 Å². The van der Waals surface area contributed by atoms with Gasteiger partial charge in [-0.1, -0.05) is 97.1 Å². The molecule has 0 atom stereocenters. The summed E-state index contributed by atoms with van der Waals surface area (Å²) in [5.74, 6) is 0. The smallest absolute Gasteiger partial charge is 0.116 e. The molecule has 0 saturated carbocycles. The van der Waals surface area contributed by atoms with E-state index in [1.807, 2.05) is 6.20 Å². The molecular weight excluding hydrogens is 567 g/mol. The summed E-state index contributed by atoms with van der Waals surface area (Å²) in [7, 11) is 0. The van der Waals surface area contributed by atoms with Crippen molar-refractivity contribution in [2.75, 3.05) is 0 Å². The molecule has 0 bridgehead atoms. The first kappa shape index (κ1) is 23.8. The van der Waals surface area contributed by atoms with Gasteiger partial charge in [-0.2, -0.15) is 0 Å². The van der Waals surface area contributed by atoms with E-state index in [1.165, 1.54) is 82.1 Å². The van der Waals surface area contributed by atoms with Crippen LogP contribution in [0, 0.1) is 0 Å². The maximum Gasteiger partial charge on any atom is 0.116 e. The van der Waals surface area contributed by atoms with E-state index < -0.39 is 0 Å². The Morgan fingerprint density at radius 1 is 0.556 bits per heavy atom. The van der Waals surface area contributed by atoms with Gasteiger partial charge in [-0.05, 0) is 74.8 Å². The average molecular weight is 590 g/mol. The first-order chi connectivity index (χ1) is 22.3. The molecule has 3 heterocycles. The molecule has 0 saturated heterocycles. The Morgan fingerprint density at radius 2 is 1.20 bits per heavy atom. The topological polar surface area (TPSA) is 30.7 Å². The zero-order valence-corrected chi connectivity index (χ0v) is 24.8. The molecular formula is C41H23N3S. The van der Waals surface area contributed by atoms with Crippen LogP contribution < -0.4 is 0 Å². The average Bonchev–Trinajstić information content (AvgIpc) is 3.81. The zero-order valence-electron chi connectivity index (χ0n) is 24.0. The van der Waals surface area contributed by atoms with Crippen molar-refractivity contribution < 1.29 is 0 Å². The van der Waals surface area contributed by atoms with Crippen LogP contribution in [0.4, 0.5) is 0 Å². The van der Waals surface area contributed by atoms with Crippen molar-refractivity contribution >= 4 is 53.4 Å². The standard InChI is InChI=1S/C41H23N3S/c1-5-13-31-25(9-1)26-10-2-6-14-32(26)41(31)33-15-7-3-11-27(33)28-18-17-24(21-34(28)41)44-35-16-8-4-12-29(35)38-36(44)20-19-30-39-37(45-40(30)38)22-42-23-43-39/h1-23H. The second kappa shape index (κ2) is 8.32. The lowest BCUT2D eigenvalue weighted by molar-refractivity contribution is 0.792. The number of hydrogen-bond donors (Lipinski definition) is 0. The van der Waals surface area contributed by atoms with Crippen LogP contribution in [0.1, 0.15) is 22.3 Å². The van der Waals surface area contributed by atoms with E-state index in [9.17, 15) is 0 Å². The van der Waals surface area contributed by atoms with Crippen LogP contribution in [-0.2, 0) is 5.41 Å². The molecule has 2 aliphatic carbocycles. The highest BCUT2D eigenvalue weighted by Crippen LogP contribution is 2.63. The predicted molar refractivity (Wildman–Crippen MR) is 186 cm³/mol. The van der Waals surface area contributed by atoms with Crippen LogP contribution in [0.5, 0.6) is 0 Å². The summed E-state index contributed by atoms with van der Waals surface area (Å²) < 4.78 is 4.85. The molecule has 3 nitrogen and oxygen atoms in total. The van der Waals surface area contributed by atoms with Crippen LogP contribution in [0.15, 0.2) is 140 Å². The van der Waals surface area contributed by atoms with Crippen LogP contribution >= 0.6 is 11.3 Å². The minimum atomic E-state index is -0.370. The molecule has 6 aromatic carbocycles. The molecule has 0 unspecified atom stereocenters. The molecule has 0 radical (unpaired) electrons. The number of benzene rings is 6. The fourth-order valence-electron chi connectivity index (χ4n) is 8.53. The largest absolute Gasteiger partial charge is 0.309 e. The highest BCUT2D eigenvalue weighted by atomic mass is 32.1. The summed E-state index contributed by atoms with van der Waals surface area (Å²) in [6.45, 7) is 0. The number of rotatable bonds is 1. The zero-order chi connectivity index (χ0) is 29.3. The molecule has 4 heteroatoms. The molecule has 3 aromatic heterocycles. The SMILES string of the molecule is c1ccc2c(c1)-c1ccccc1C21c2ccccc2-c2ccc(-n3c4ccccc4c4c5sc6cncnc6c5ccc43)cc21. The maximum absolute atomic E-state index is 4.65. The van der Waals surface area contributed by atoms with Gasteiger partial charge < -0.3 is 4.57 Å². The normalized spacial score (nSPS) is 14.0. The number of para-hydroxylation sites is 1. The van der Waals surface area contributed by atoms with Crippen molar-refractivity contribution in [2.45, 2.75) is 5.41 Å². The molecule has 9 aromatic rings. The third-order valence-electron chi connectivity index (χ3n) is 10.2. The Morgan fingerprint density at radius 3 is 1.93 bits per heavy atom. The van der Waals surface area contributed by atoms with E-state index in [1.54, 1.807) is 17.7 Å². The minimum absolute atomic E-state index is 0.370. The van der Waals surface area contributed by atoms with Gasteiger partial charge in [-0.25, -0.2) is 9.97 Å². The number of hydrogen-bond acceptors (Lipinski definition) is 3. The number of fused-ring (bicyclic) bond motifs is 17. The number of nitrogens with zero attached hydrogens (tertiary/aromatic N) is 3. The monoisotopic (exact) mass is 589 g/mol. The second-order valence-electron chi connectivity index (χ2n) is 12.1.